The highest BCUT2D eigenvalue weighted by Gasteiger charge is 2.08. The molecule has 0 aliphatic heterocycles. The van der Waals surface area contributed by atoms with Crippen LogP contribution in [0.4, 0.5) is 0 Å². The highest BCUT2D eigenvalue weighted by atomic mass is 16.3. The fraction of sp³-hybridized carbons (Fsp3) is 0.500. The van der Waals surface area contributed by atoms with Crippen molar-refractivity contribution in [1.82, 2.24) is 4.90 Å². The molecule has 0 amide bonds. The number of phenols is 1. The number of nitrogens with zero attached hydrogens (tertiary/aromatic N) is 2. The molecule has 0 aliphatic carbocycles. The van der Waals surface area contributed by atoms with Gasteiger partial charge in [0.15, 0.2) is 0 Å². The summed E-state index contributed by atoms with van der Waals surface area (Å²) in [4.78, 5) is 2.16. The first-order valence-electron chi connectivity index (χ1n) is 5.96. The van der Waals surface area contributed by atoms with Crippen molar-refractivity contribution in [2.45, 2.75) is 33.7 Å². The molecule has 0 aromatic heterocycles. The zero-order valence-corrected chi connectivity index (χ0v) is 10.8. The van der Waals surface area contributed by atoms with Crippen LogP contribution in [0.3, 0.4) is 0 Å². The van der Waals surface area contributed by atoms with Gasteiger partial charge < -0.3 is 5.11 Å². The minimum absolute atomic E-state index is 0.350. The SMILES string of the molecule is CCN(CCC#N)Cc1cc(C)c(C)cc1O. The molecule has 1 aromatic carbocycles. The van der Waals surface area contributed by atoms with Gasteiger partial charge in [-0.1, -0.05) is 13.0 Å². The van der Waals surface area contributed by atoms with Gasteiger partial charge in [0.05, 0.1) is 6.07 Å². The number of phenolic OH excluding ortho intramolecular Hbond substituents is 1. The molecule has 1 aromatic rings. The molecule has 0 saturated heterocycles. The predicted molar refractivity (Wildman–Crippen MR) is 68.8 cm³/mol. The summed E-state index contributed by atoms with van der Waals surface area (Å²) in [6.07, 6.45) is 0.527. The first-order valence-corrected chi connectivity index (χ1v) is 5.96. The first-order chi connectivity index (χ1) is 8.08. The van der Waals surface area contributed by atoms with Crippen molar-refractivity contribution in [2.24, 2.45) is 0 Å². The van der Waals surface area contributed by atoms with Crippen molar-refractivity contribution < 1.29 is 5.11 Å². The van der Waals surface area contributed by atoms with E-state index in [4.69, 9.17) is 5.26 Å². The summed E-state index contributed by atoms with van der Waals surface area (Å²) in [5.41, 5.74) is 3.23. The Hall–Kier alpha value is -1.53. The van der Waals surface area contributed by atoms with Gasteiger partial charge in [-0.2, -0.15) is 5.26 Å². The van der Waals surface area contributed by atoms with Gasteiger partial charge >= 0.3 is 0 Å². The number of hydrogen-bond donors (Lipinski definition) is 1. The highest BCUT2D eigenvalue weighted by molar-refractivity contribution is 5.40. The van der Waals surface area contributed by atoms with Crippen LogP contribution in [0.25, 0.3) is 0 Å². The molecule has 17 heavy (non-hydrogen) atoms. The highest BCUT2D eigenvalue weighted by Crippen LogP contribution is 2.23. The van der Waals surface area contributed by atoms with E-state index in [-0.39, 0.29) is 0 Å². The molecule has 92 valence electrons. The quantitative estimate of drug-likeness (QED) is 0.849. The van der Waals surface area contributed by atoms with Crippen LogP contribution in [-0.2, 0) is 6.54 Å². The Balaban J connectivity index is 2.79. The molecule has 0 bridgehead atoms. The monoisotopic (exact) mass is 232 g/mol. The lowest BCUT2D eigenvalue weighted by Crippen LogP contribution is -2.23. The Morgan fingerprint density at radius 2 is 1.94 bits per heavy atom. The Morgan fingerprint density at radius 1 is 1.29 bits per heavy atom. The summed E-state index contributed by atoms with van der Waals surface area (Å²) in [6.45, 7) is 8.43. The molecular weight excluding hydrogens is 212 g/mol. The van der Waals surface area contributed by atoms with Gasteiger partial charge in [0.1, 0.15) is 5.75 Å². The van der Waals surface area contributed by atoms with E-state index in [9.17, 15) is 5.11 Å². The molecule has 0 atom stereocenters. The van der Waals surface area contributed by atoms with Crippen molar-refractivity contribution in [3.8, 4) is 11.8 Å². The number of benzene rings is 1. The molecule has 0 unspecified atom stereocenters. The van der Waals surface area contributed by atoms with E-state index in [2.05, 4.69) is 17.9 Å². The van der Waals surface area contributed by atoms with Crippen molar-refractivity contribution in [3.63, 3.8) is 0 Å². The van der Waals surface area contributed by atoms with Crippen molar-refractivity contribution >= 4 is 0 Å². The van der Waals surface area contributed by atoms with Gasteiger partial charge in [0.2, 0.25) is 0 Å². The molecule has 1 N–H and O–H groups in total. The number of hydrogen-bond acceptors (Lipinski definition) is 3. The zero-order chi connectivity index (χ0) is 12.8. The second kappa shape index (κ2) is 6.27. The number of aryl methyl sites for hydroxylation is 2. The van der Waals surface area contributed by atoms with Crippen LogP contribution >= 0.6 is 0 Å². The summed E-state index contributed by atoms with van der Waals surface area (Å²) in [5.74, 6) is 0.350. The van der Waals surface area contributed by atoms with E-state index in [1.54, 1.807) is 0 Å². The van der Waals surface area contributed by atoms with Crippen LogP contribution in [0, 0.1) is 25.2 Å². The normalized spacial score (nSPS) is 10.5. The van der Waals surface area contributed by atoms with Crippen LogP contribution in [0.5, 0.6) is 5.75 Å². The summed E-state index contributed by atoms with van der Waals surface area (Å²) >= 11 is 0. The minimum Gasteiger partial charge on any atom is -0.508 e. The first kappa shape index (κ1) is 13.5. The fourth-order valence-electron chi connectivity index (χ4n) is 1.79. The van der Waals surface area contributed by atoms with E-state index in [0.29, 0.717) is 18.7 Å². The van der Waals surface area contributed by atoms with E-state index >= 15 is 0 Å². The lowest BCUT2D eigenvalue weighted by molar-refractivity contribution is 0.282. The van der Waals surface area contributed by atoms with Gasteiger partial charge in [0.25, 0.3) is 0 Å². The summed E-state index contributed by atoms with van der Waals surface area (Å²) < 4.78 is 0. The Morgan fingerprint density at radius 3 is 2.53 bits per heavy atom. The van der Waals surface area contributed by atoms with Crippen molar-refractivity contribution in [3.05, 3.63) is 28.8 Å². The Bertz CT molecular complexity index is 421. The molecule has 1 rings (SSSR count). The van der Waals surface area contributed by atoms with E-state index in [1.165, 1.54) is 5.56 Å². The molecule has 0 aliphatic rings. The van der Waals surface area contributed by atoms with E-state index < -0.39 is 0 Å². The number of rotatable bonds is 5. The largest absolute Gasteiger partial charge is 0.508 e. The lowest BCUT2D eigenvalue weighted by Gasteiger charge is -2.20. The zero-order valence-electron chi connectivity index (χ0n) is 10.8. The van der Waals surface area contributed by atoms with Gasteiger partial charge in [0, 0.05) is 25.1 Å². The number of nitriles is 1. The van der Waals surface area contributed by atoms with E-state index in [0.717, 1.165) is 24.2 Å². The summed E-state index contributed by atoms with van der Waals surface area (Å²) in [7, 11) is 0. The predicted octanol–water partition coefficient (Wildman–Crippen LogP) is 2.74. The second-order valence-corrected chi connectivity index (χ2v) is 4.34. The smallest absolute Gasteiger partial charge is 0.120 e. The summed E-state index contributed by atoms with van der Waals surface area (Å²) in [5, 5.41) is 18.5. The third kappa shape index (κ3) is 3.76. The van der Waals surface area contributed by atoms with Crippen LogP contribution < -0.4 is 0 Å². The summed E-state index contributed by atoms with van der Waals surface area (Å²) in [6, 6.07) is 5.99. The van der Waals surface area contributed by atoms with Gasteiger partial charge in [-0.15, -0.1) is 0 Å². The topological polar surface area (TPSA) is 47.3 Å². The minimum atomic E-state index is 0.350. The third-order valence-corrected chi connectivity index (χ3v) is 3.08. The number of aromatic hydroxyl groups is 1. The van der Waals surface area contributed by atoms with E-state index in [1.807, 2.05) is 26.0 Å². The van der Waals surface area contributed by atoms with Crippen molar-refractivity contribution in [2.75, 3.05) is 13.1 Å². The maximum absolute atomic E-state index is 9.89. The fourth-order valence-corrected chi connectivity index (χ4v) is 1.79. The molecule has 3 heteroatoms. The van der Waals surface area contributed by atoms with Crippen LogP contribution in [-0.4, -0.2) is 23.1 Å². The van der Waals surface area contributed by atoms with Crippen molar-refractivity contribution in [1.29, 1.82) is 5.26 Å². The van der Waals surface area contributed by atoms with Crippen LogP contribution in [0.2, 0.25) is 0 Å². The Labute approximate surface area is 103 Å². The average molecular weight is 232 g/mol. The molecule has 0 saturated carbocycles. The molecule has 0 spiro atoms. The molecule has 0 radical (unpaired) electrons. The second-order valence-electron chi connectivity index (χ2n) is 4.34. The van der Waals surface area contributed by atoms with Crippen LogP contribution in [0.15, 0.2) is 12.1 Å². The standard InChI is InChI=1S/C14H20N2O/c1-4-16(7-5-6-15)10-13-8-11(2)12(3)9-14(13)17/h8-9,17H,4-5,7,10H2,1-3H3. The van der Waals surface area contributed by atoms with Gasteiger partial charge in [-0.25, -0.2) is 0 Å². The van der Waals surface area contributed by atoms with Crippen LogP contribution in [0.1, 0.15) is 30.0 Å². The maximum Gasteiger partial charge on any atom is 0.120 e. The molecule has 0 fully saturated rings. The Kier molecular flexibility index (Phi) is 4.99. The van der Waals surface area contributed by atoms with Gasteiger partial charge in [-0.3, -0.25) is 4.90 Å². The van der Waals surface area contributed by atoms with Gasteiger partial charge in [-0.05, 0) is 37.6 Å². The molecule has 0 heterocycles. The lowest BCUT2D eigenvalue weighted by atomic mass is 10.0. The molecule has 3 nitrogen and oxygen atoms in total. The average Bonchev–Trinajstić information content (AvgIpc) is 2.30. The molecular formula is C14H20N2O. The maximum atomic E-state index is 9.89. The third-order valence-electron chi connectivity index (χ3n) is 3.08.